The van der Waals surface area contributed by atoms with Crippen molar-refractivity contribution in [3.63, 3.8) is 0 Å². The third-order valence-electron chi connectivity index (χ3n) is 3.43. The third kappa shape index (κ3) is 2.74. The summed E-state index contributed by atoms with van der Waals surface area (Å²) in [5, 5.41) is 11.4. The van der Waals surface area contributed by atoms with Gasteiger partial charge in [0.25, 0.3) is 5.56 Å². The van der Waals surface area contributed by atoms with Crippen LogP contribution < -0.4 is 15.4 Å². The molecule has 0 aliphatic heterocycles. The third-order valence-corrected chi connectivity index (χ3v) is 3.43. The molecule has 0 radical (unpaired) electrons. The zero-order valence-corrected chi connectivity index (χ0v) is 12.2. The van der Waals surface area contributed by atoms with Crippen molar-refractivity contribution in [3.05, 3.63) is 64.6 Å². The van der Waals surface area contributed by atoms with Crippen molar-refractivity contribution in [2.45, 2.75) is 0 Å². The molecule has 23 heavy (non-hydrogen) atoms. The van der Waals surface area contributed by atoms with Crippen LogP contribution in [0.25, 0.3) is 22.6 Å². The van der Waals surface area contributed by atoms with Crippen LogP contribution in [0.2, 0.25) is 0 Å². The van der Waals surface area contributed by atoms with E-state index < -0.39 is 17.1 Å². The second kappa shape index (κ2) is 5.84. The first-order valence-corrected chi connectivity index (χ1v) is 6.77. The molecule has 3 aromatic rings. The van der Waals surface area contributed by atoms with E-state index in [9.17, 15) is 14.7 Å². The minimum Gasteiger partial charge on any atom is -0.545 e. The van der Waals surface area contributed by atoms with Crippen molar-refractivity contribution >= 4 is 5.97 Å². The van der Waals surface area contributed by atoms with Gasteiger partial charge in [-0.2, -0.15) is 0 Å². The lowest BCUT2D eigenvalue weighted by molar-refractivity contribution is -0.255. The van der Waals surface area contributed by atoms with Crippen molar-refractivity contribution in [2.75, 3.05) is 7.11 Å². The number of hydrogen-bond acceptors (Lipinski definition) is 5. The highest BCUT2D eigenvalue weighted by molar-refractivity contribution is 5.95. The highest BCUT2D eigenvalue weighted by Gasteiger charge is 2.14. The summed E-state index contributed by atoms with van der Waals surface area (Å²) in [6.07, 6.45) is 1.47. The second-order valence-corrected chi connectivity index (χ2v) is 4.79. The fourth-order valence-electron chi connectivity index (χ4n) is 2.33. The Hall–Kier alpha value is -3.28. The zero-order chi connectivity index (χ0) is 16.4. The lowest BCUT2D eigenvalue weighted by Crippen LogP contribution is -2.31. The van der Waals surface area contributed by atoms with Crippen LogP contribution in [0.3, 0.4) is 0 Å². The number of rotatable bonds is 4. The first kappa shape index (κ1) is 14.6. The SMILES string of the molecule is COc1ccc(-c2cc(-c3ccco3)[nH]c(=O)c2C(=O)[O-])cc1. The average Bonchev–Trinajstić information content (AvgIpc) is 3.08. The number of carbonyl (C=O) groups excluding carboxylic acids is 1. The maximum absolute atomic E-state index is 12.2. The molecule has 0 aliphatic carbocycles. The molecular weight excluding hydrogens is 298 g/mol. The molecule has 6 nitrogen and oxygen atoms in total. The van der Waals surface area contributed by atoms with E-state index in [0.717, 1.165) is 0 Å². The molecule has 1 aromatic carbocycles. The number of nitrogens with one attached hydrogen (secondary N) is 1. The van der Waals surface area contributed by atoms with Crippen LogP contribution in [0.1, 0.15) is 10.4 Å². The molecule has 0 fully saturated rings. The predicted molar refractivity (Wildman–Crippen MR) is 81.1 cm³/mol. The number of H-pyrrole nitrogens is 1. The van der Waals surface area contributed by atoms with E-state index in [4.69, 9.17) is 9.15 Å². The Morgan fingerprint density at radius 1 is 1.22 bits per heavy atom. The first-order chi connectivity index (χ1) is 11.1. The standard InChI is InChI=1S/C17H13NO5/c1-22-11-6-4-10(5-7-11)12-9-13(14-3-2-8-23-14)18-16(19)15(12)17(20)21/h2-9H,1H3,(H,18,19)(H,20,21)/p-1. The quantitative estimate of drug-likeness (QED) is 0.791. The number of furan rings is 1. The fraction of sp³-hybridized carbons (Fsp3) is 0.0588. The zero-order valence-electron chi connectivity index (χ0n) is 12.2. The van der Waals surface area contributed by atoms with Gasteiger partial charge in [-0.1, -0.05) is 12.1 Å². The second-order valence-electron chi connectivity index (χ2n) is 4.79. The number of ether oxygens (including phenoxy) is 1. The minimum absolute atomic E-state index is 0.253. The van der Waals surface area contributed by atoms with Crippen LogP contribution in [0, 0.1) is 0 Å². The van der Waals surface area contributed by atoms with Gasteiger partial charge in [0.2, 0.25) is 0 Å². The highest BCUT2D eigenvalue weighted by Crippen LogP contribution is 2.27. The lowest BCUT2D eigenvalue weighted by Gasteiger charge is -2.12. The molecule has 0 amide bonds. The van der Waals surface area contributed by atoms with Gasteiger partial charge >= 0.3 is 0 Å². The Bertz CT molecular complexity index is 892. The summed E-state index contributed by atoms with van der Waals surface area (Å²) < 4.78 is 10.3. The number of benzene rings is 1. The number of aromatic nitrogens is 1. The van der Waals surface area contributed by atoms with Crippen molar-refractivity contribution in [3.8, 4) is 28.3 Å². The fourth-order valence-corrected chi connectivity index (χ4v) is 2.33. The number of carboxylic acids is 1. The first-order valence-electron chi connectivity index (χ1n) is 6.77. The van der Waals surface area contributed by atoms with Crippen molar-refractivity contribution in [2.24, 2.45) is 0 Å². The van der Waals surface area contributed by atoms with E-state index in [-0.39, 0.29) is 5.56 Å². The van der Waals surface area contributed by atoms with Gasteiger partial charge in [0.15, 0.2) is 0 Å². The van der Waals surface area contributed by atoms with Gasteiger partial charge in [0, 0.05) is 0 Å². The molecular formula is C17H12NO5-. The van der Waals surface area contributed by atoms with E-state index in [1.54, 1.807) is 42.5 Å². The number of carbonyl (C=O) groups is 1. The van der Waals surface area contributed by atoms with Gasteiger partial charge in [-0.25, -0.2) is 0 Å². The molecule has 0 saturated carbocycles. The van der Waals surface area contributed by atoms with Gasteiger partial charge in [-0.3, -0.25) is 4.79 Å². The highest BCUT2D eigenvalue weighted by atomic mass is 16.5. The van der Waals surface area contributed by atoms with Crippen molar-refractivity contribution in [1.29, 1.82) is 0 Å². The van der Waals surface area contributed by atoms with Crippen LogP contribution in [0.15, 0.2) is 57.9 Å². The van der Waals surface area contributed by atoms with E-state index in [0.29, 0.717) is 22.8 Å². The molecule has 3 rings (SSSR count). The Kier molecular flexibility index (Phi) is 3.72. The summed E-state index contributed by atoms with van der Waals surface area (Å²) in [7, 11) is 1.53. The summed E-state index contributed by atoms with van der Waals surface area (Å²) in [4.78, 5) is 26.0. The average molecular weight is 310 g/mol. The molecule has 1 N–H and O–H groups in total. The number of methoxy groups -OCH3 is 1. The Morgan fingerprint density at radius 2 is 1.96 bits per heavy atom. The molecule has 2 aromatic heterocycles. The molecule has 0 saturated heterocycles. The van der Waals surface area contributed by atoms with Gasteiger partial charge in [-0.15, -0.1) is 0 Å². The summed E-state index contributed by atoms with van der Waals surface area (Å²) >= 11 is 0. The van der Waals surface area contributed by atoms with E-state index >= 15 is 0 Å². The van der Waals surface area contributed by atoms with Crippen molar-refractivity contribution < 1.29 is 19.1 Å². The summed E-state index contributed by atoms with van der Waals surface area (Å²) in [6.45, 7) is 0. The summed E-state index contributed by atoms with van der Waals surface area (Å²) in [5.41, 5.74) is 0.0257. The number of hydrogen-bond donors (Lipinski definition) is 1. The van der Waals surface area contributed by atoms with Crippen LogP contribution in [-0.2, 0) is 0 Å². The number of carboxylic acid groups (broad SMARTS) is 1. The van der Waals surface area contributed by atoms with Gasteiger partial charge < -0.3 is 24.0 Å². The van der Waals surface area contributed by atoms with E-state index in [1.165, 1.54) is 13.4 Å². The van der Waals surface area contributed by atoms with Crippen LogP contribution in [0.5, 0.6) is 5.75 Å². The van der Waals surface area contributed by atoms with Crippen LogP contribution in [0.4, 0.5) is 0 Å². The topological polar surface area (TPSA) is 95.4 Å². The van der Waals surface area contributed by atoms with Gasteiger partial charge in [0.05, 0.1) is 30.6 Å². The normalized spacial score (nSPS) is 10.5. The Labute approximate surface area is 131 Å². The maximum atomic E-state index is 12.2. The molecule has 0 spiro atoms. The molecule has 0 aliphatic rings. The molecule has 0 unspecified atom stereocenters. The molecule has 2 heterocycles. The van der Waals surface area contributed by atoms with E-state index in [2.05, 4.69) is 4.98 Å². The summed E-state index contributed by atoms with van der Waals surface area (Å²) in [6, 6.07) is 11.6. The smallest absolute Gasteiger partial charge is 0.258 e. The minimum atomic E-state index is -1.54. The predicted octanol–water partition coefficient (Wildman–Crippen LogP) is 1.67. The van der Waals surface area contributed by atoms with Crippen LogP contribution in [-0.4, -0.2) is 18.1 Å². The molecule has 0 atom stereocenters. The lowest BCUT2D eigenvalue weighted by atomic mass is 10.00. The maximum Gasteiger partial charge on any atom is 0.258 e. The van der Waals surface area contributed by atoms with Crippen molar-refractivity contribution in [1.82, 2.24) is 4.98 Å². The van der Waals surface area contributed by atoms with Gasteiger partial charge in [-0.05, 0) is 41.5 Å². The van der Waals surface area contributed by atoms with Gasteiger partial charge in [0.1, 0.15) is 11.5 Å². The Morgan fingerprint density at radius 3 is 2.52 bits per heavy atom. The largest absolute Gasteiger partial charge is 0.545 e. The number of pyridine rings is 1. The van der Waals surface area contributed by atoms with Crippen LogP contribution >= 0.6 is 0 Å². The Balaban J connectivity index is 2.23. The molecule has 0 bridgehead atoms. The molecule has 116 valence electrons. The number of aromatic amines is 1. The number of aromatic carboxylic acids is 1. The monoisotopic (exact) mass is 310 g/mol. The summed E-state index contributed by atoms with van der Waals surface area (Å²) in [5.74, 6) is -0.482. The molecule has 6 heteroatoms. The van der Waals surface area contributed by atoms with E-state index in [1.807, 2.05) is 0 Å².